The van der Waals surface area contributed by atoms with Gasteiger partial charge in [0.1, 0.15) is 5.65 Å². The monoisotopic (exact) mass is 384 g/mol. The number of pyridine rings is 1. The number of amides is 1. The first-order valence-electron chi connectivity index (χ1n) is 10.4. The molecule has 0 aromatic carbocycles. The second-order valence-corrected chi connectivity index (χ2v) is 7.29. The van der Waals surface area contributed by atoms with Gasteiger partial charge < -0.3 is 19.9 Å². The Morgan fingerprint density at radius 1 is 1.25 bits per heavy atom. The van der Waals surface area contributed by atoms with Crippen molar-refractivity contribution in [1.82, 2.24) is 24.9 Å². The number of hydrogen-bond acceptors (Lipinski definition) is 3. The Labute approximate surface area is 167 Å². The molecule has 0 spiro atoms. The molecule has 1 fully saturated rings. The minimum Gasteiger partial charge on any atom is -0.357 e. The van der Waals surface area contributed by atoms with Crippen molar-refractivity contribution in [3.05, 3.63) is 35.8 Å². The molecule has 2 aromatic rings. The second-order valence-electron chi connectivity index (χ2n) is 7.29. The standard InChI is InChI=1S/C21H32N6O/c1-3-22-21(23-12-8-14-26-13-6-4-5-11-20(26)28)24-15-18-16-27-17(2)9-7-10-19(27)25-18/h7,9-10,16H,3-6,8,11-15H2,1-2H3,(H2,22,23,24). The van der Waals surface area contributed by atoms with Crippen molar-refractivity contribution in [2.75, 3.05) is 26.2 Å². The van der Waals surface area contributed by atoms with Gasteiger partial charge in [0, 0.05) is 44.5 Å². The molecule has 1 aliphatic rings. The number of guanidine groups is 1. The molecule has 0 aliphatic carbocycles. The van der Waals surface area contributed by atoms with E-state index in [9.17, 15) is 4.79 Å². The number of rotatable bonds is 7. The molecule has 7 heteroatoms. The Morgan fingerprint density at radius 2 is 2.14 bits per heavy atom. The van der Waals surface area contributed by atoms with Crippen LogP contribution in [0, 0.1) is 6.92 Å². The van der Waals surface area contributed by atoms with E-state index in [1.165, 1.54) is 6.42 Å². The molecular weight excluding hydrogens is 352 g/mol. The van der Waals surface area contributed by atoms with Gasteiger partial charge in [0.05, 0.1) is 12.2 Å². The van der Waals surface area contributed by atoms with Gasteiger partial charge in [-0.15, -0.1) is 0 Å². The highest BCUT2D eigenvalue weighted by atomic mass is 16.2. The van der Waals surface area contributed by atoms with Crippen LogP contribution < -0.4 is 10.6 Å². The fourth-order valence-corrected chi connectivity index (χ4v) is 3.53. The largest absolute Gasteiger partial charge is 0.357 e. The zero-order valence-electron chi connectivity index (χ0n) is 17.1. The molecule has 3 rings (SSSR count). The lowest BCUT2D eigenvalue weighted by Gasteiger charge is -2.20. The Balaban J connectivity index is 1.50. The number of aliphatic imine (C=N–C) groups is 1. The summed E-state index contributed by atoms with van der Waals surface area (Å²) in [5, 5.41) is 6.65. The molecule has 1 aliphatic heterocycles. The number of carbonyl (C=O) groups excluding carboxylic acids is 1. The summed E-state index contributed by atoms with van der Waals surface area (Å²) in [4.78, 5) is 23.4. The van der Waals surface area contributed by atoms with Crippen LogP contribution in [0.4, 0.5) is 0 Å². The number of imidazole rings is 1. The van der Waals surface area contributed by atoms with Crippen LogP contribution in [0.2, 0.25) is 0 Å². The van der Waals surface area contributed by atoms with Gasteiger partial charge in [0.2, 0.25) is 5.91 Å². The van der Waals surface area contributed by atoms with Crippen LogP contribution >= 0.6 is 0 Å². The number of aryl methyl sites for hydroxylation is 1. The summed E-state index contributed by atoms with van der Waals surface area (Å²) in [6, 6.07) is 6.10. The van der Waals surface area contributed by atoms with Crippen LogP contribution in [-0.4, -0.2) is 52.3 Å². The third-order valence-electron chi connectivity index (χ3n) is 5.06. The predicted octanol–water partition coefficient (Wildman–Crippen LogP) is 2.49. The van der Waals surface area contributed by atoms with E-state index in [4.69, 9.17) is 0 Å². The van der Waals surface area contributed by atoms with Crippen LogP contribution in [0.1, 0.15) is 50.4 Å². The van der Waals surface area contributed by atoms with E-state index in [1.807, 2.05) is 23.2 Å². The van der Waals surface area contributed by atoms with Gasteiger partial charge in [0.25, 0.3) is 0 Å². The number of nitrogens with zero attached hydrogens (tertiary/aromatic N) is 4. The van der Waals surface area contributed by atoms with Crippen LogP contribution in [0.15, 0.2) is 29.4 Å². The zero-order chi connectivity index (χ0) is 19.8. The van der Waals surface area contributed by atoms with Gasteiger partial charge >= 0.3 is 0 Å². The molecular formula is C21H32N6O. The summed E-state index contributed by atoms with van der Waals surface area (Å²) >= 11 is 0. The zero-order valence-corrected chi connectivity index (χ0v) is 17.1. The molecule has 2 aromatic heterocycles. The highest BCUT2D eigenvalue weighted by Gasteiger charge is 2.15. The number of carbonyl (C=O) groups is 1. The lowest BCUT2D eigenvalue weighted by molar-refractivity contribution is -0.130. The maximum Gasteiger partial charge on any atom is 0.222 e. The fourth-order valence-electron chi connectivity index (χ4n) is 3.53. The van der Waals surface area contributed by atoms with Crippen molar-refractivity contribution in [2.45, 2.75) is 52.5 Å². The molecule has 7 nitrogen and oxygen atoms in total. The van der Waals surface area contributed by atoms with Gasteiger partial charge in [-0.25, -0.2) is 9.98 Å². The third-order valence-corrected chi connectivity index (χ3v) is 5.06. The summed E-state index contributed by atoms with van der Waals surface area (Å²) in [5.74, 6) is 1.10. The van der Waals surface area contributed by atoms with Gasteiger partial charge in [-0.1, -0.05) is 12.5 Å². The van der Waals surface area contributed by atoms with Gasteiger partial charge in [-0.3, -0.25) is 4.79 Å². The second kappa shape index (κ2) is 10.1. The summed E-state index contributed by atoms with van der Waals surface area (Å²) in [6.45, 7) is 7.97. The molecule has 0 atom stereocenters. The SMILES string of the molecule is CCNC(=NCc1cn2c(C)cccc2n1)NCCCN1CCCCCC1=O. The smallest absolute Gasteiger partial charge is 0.222 e. The van der Waals surface area contributed by atoms with E-state index < -0.39 is 0 Å². The number of hydrogen-bond donors (Lipinski definition) is 2. The van der Waals surface area contributed by atoms with Crippen LogP contribution in [0.3, 0.4) is 0 Å². The first-order chi connectivity index (χ1) is 13.7. The maximum absolute atomic E-state index is 12.1. The third kappa shape index (κ3) is 5.47. The Hall–Kier alpha value is -2.57. The summed E-state index contributed by atoms with van der Waals surface area (Å²) in [7, 11) is 0. The molecule has 152 valence electrons. The highest BCUT2D eigenvalue weighted by Crippen LogP contribution is 2.11. The Morgan fingerprint density at radius 3 is 2.96 bits per heavy atom. The van der Waals surface area contributed by atoms with Gasteiger partial charge in [-0.2, -0.15) is 0 Å². The van der Waals surface area contributed by atoms with E-state index in [0.717, 1.165) is 68.4 Å². The topological polar surface area (TPSA) is 74.0 Å². The lowest BCUT2D eigenvalue weighted by Crippen LogP contribution is -2.39. The van der Waals surface area contributed by atoms with Crippen molar-refractivity contribution < 1.29 is 4.79 Å². The molecule has 0 bridgehead atoms. The van der Waals surface area contributed by atoms with Gasteiger partial charge in [-0.05, 0) is 45.2 Å². The maximum atomic E-state index is 12.1. The molecule has 1 amide bonds. The van der Waals surface area contributed by atoms with E-state index in [2.05, 4.69) is 44.9 Å². The lowest BCUT2D eigenvalue weighted by atomic mass is 10.2. The van der Waals surface area contributed by atoms with Gasteiger partial charge in [0.15, 0.2) is 5.96 Å². The summed E-state index contributed by atoms with van der Waals surface area (Å²) in [6.07, 6.45) is 7.00. The van der Waals surface area contributed by atoms with E-state index in [0.29, 0.717) is 18.9 Å². The molecule has 2 N–H and O–H groups in total. The summed E-state index contributed by atoms with van der Waals surface area (Å²) in [5.41, 5.74) is 3.06. The molecule has 0 radical (unpaired) electrons. The van der Waals surface area contributed by atoms with E-state index >= 15 is 0 Å². The van der Waals surface area contributed by atoms with Crippen LogP contribution in [0.25, 0.3) is 5.65 Å². The summed E-state index contributed by atoms with van der Waals surface area (Å²) < 4.78 is 2.09. The molecule has 28 heavy (non-hydrogen) atoms. The number of nitrogens with one attached hydrogen (secondary N) is 2. The normalized spacial score (nSPS) is 15.7. The number of fused-ring (bicyclic) bond motifs is 1. The van der Waals surface area contributed by atoms with Crippen molar-refractivity contribution >= 4 is 17.5 Å². The first kappa shape index (κ1) is 20.2. The molecule has 0 unspecified atom stereocenters. The molecule has 0 saturated carbocycles. The predicted molar refractivity (Wildman–Crippen MR) is 112 cm³/mol. The average Bonchev–Trinajstić information content (AvgIpc) is 3.01. The minimum absolute atomic E-state index is 0.306. The Kier molecular flexibility index (Phi) is 7.28. The van der Waals surface area contributed by atoms with E-state index in [1.54, 1.807) is 0 Å². The van der Waals surface area contributed by atoms with Crippen LogP contribution in [-0.2, 0) is 11.3 Å². The van der Waals surface area contributed by atoms with Crippen molar-refractivity contribution in [3.63, 3.8) is 0 Å². The number of likely N-dealkylation sites (tertiary alicyclic amines) is 1. The first-order valence-corrected chi connectivity index (χ1v) is 10.4. The molecule has 1 saturated heterocycles. The number of aromatic nitrogens is 2. The minimum atomic E-state index is 0.306. The van der Waals surface area contributed by atoms with Crippen LogP contribution in [0.5, 0.6) is 0 Å². The molecule has 3 heterocycles. The Bertz CT molecular complexity index is 812. The van der Waals surface area contributed by atoms with Crippen molar-refractivity contribution in [1.29, 1.82) is 0 Å². The van der Waals surface area contributed by atoms with Crippen molar-refractivity contribution in [3.8, 4) is 0 Å². The average molecular weight is 385 g/mol. The van der Waals surface area contributed by atoms with Crippen molar-refractivity contribution in [2.24, 2.45) is 4.99 Å². The quantitative estimate of drug-likeness (QED) is 0.437. The highest BCUT2D eigenvalue weighted by molar-refractivity contribution is 5.79. The fraction of sp³-hybridized carbons (Fsp3) is 0.571. The van der Waals surface area contributed by atoms with E-state index in [-0.39, 0.29) is 0 Å².